The highest BCUT2D eigenvalue weighted by Gasteiger charge is 2.19. The van der Waals surface area contributed by atoms with Gasteiger partial charge in [-0.1, -0.05) is 23.7 Å². The van der Waals surface area contributed by atoms with Crippen molar-refractivity contribution in [3.8, 4) is 11.5 Å². The molecule has 0 aliphatic carbocycles. The van der Waals surface area contributed by atoms with Crippen molar-refractivity contribution >= 4 is 50.0 Å². The molecular weight excluding hydrogens is 452 g/mol. The largest absolute Gasteiger partial charge is 0.497 e. The van der Waals surface area contributed by atoms with Gasteiger partial charge >= 0.3 is 0 Å². The Balaban J connectivity index is 1.74. The Morgan fingerprint density at radius 2 is 1.50 bits per heavy atom. The van der Waals surface area contributed by atoms with Crippen LogP contribution in [0.2, 0.25) is 5.02 Å². The molecule has 3 aromatic carbocycles. The van der Waals surface area contributed by atoms with E-state index < -0.39 is 10.0 Å². The first-order valence-corrected chi connectivity index (χ1v) is 11.3. The number of hydrogen-bond donors (Lipinski definition) is 2. The third-order valence-corrected chi connectivity index (χ3v) is 6.24. The van der Waals surface area contributed by atoms with Gasteiger partial charge in [-0.25, -0.2) is 18.4 Å². The maximum atomic E-state index is 13.0. The van der Waals surface area contributed by atoms with Gasteiger partial charge in [0.05, 0.1) is 35.2 Å². The van der Waals surface area contributed by atoms with Gasteiger partial charge in [0.15, 0.2) is 11.6 Å². The maximum absolute atomic E-state index is 13.0. The number of benzene rings is 3. The molecule has 1 heterocycles. The number of nitrogens with zero attached hydrogens (tertiary/aromatic N) is 2. The Morgan fingerprint density at radius 3 is 2.09 bits per heavy atom. The molecule has 4 aromatic rings. The minimum Gasteiger partial charge on any atom is -0.497 e. The van der Waals surface area contributed by atoms with Crippen molar-refractivity contribution in [2.45, 2.75) is 4.90 Å². The molecule has 8 nitrogen and oxygen atoms in total. The Kier molecular flexibility index (Phi) is 6.02. The van der Waals surface area contributed by atoms with E-state index in [1.165, 1.54) is 26.4 Å². The fraction of sp³-hybridized carbons (Fsp3) is 0.0909. The molecule has 2 N–H and O–H groups in total. The molecule has 10 heteroatoms. The van der Waals surface area contributed by atoms with Crippen LogP contribution in [0.15, 0.2) is 71.6 Å². The van der Waals surface area contributed by atoms with Crippen LogP contribution in [0, 0.1) is 0 Å². The zero-order valence-electron chi connectivity index (χ0n) is 17.2. The lowest BCUT2D eigenvalue weighted by atomic mass is 10.3. The smallest absolute Gasteiger partial charge is 0.263 e. The van der Waals surface area contributed by atoms with E-state index in [4.69, 9.17) is 21.1 Å². The summed E-state index contributed by atoms with van der Waals surface area (Å²) >= 11 is 6.22. The molecule has 0 saturated carbocycles. The second-order valence-electron chi connectivity index (χ2n) is 6.66. The van der Waals surface area contributed by atoms with Gasteiger partial charge in [-0.2, -0.15) is 0 Å². The summed E-state index contributed by atoms with van der Waals surface area (Å²) in [5, 5.41) is 3.48. The standard InChI is InChI=1S/C22H19ClN4O4S/c1-30-15-8-10-16(11-9-15)32(28,29)27-22-21(25-18-5-3-4-6-19(18)26-22)24-14-7-12-20(31-2)17(23)13-14/h3-13H,1-2H3,(H,24,25)(H,26,27). The number of ether oxygens (including phenoxy) is 2. The van der Waals surface area contributed by atoms with E-state index in [1.807, 2.05) is 6.07 Å². The summed E-state index contributed by atoms with van der Waals surface area (Å²) in [5.41, 5.74) is 1.73. The molecule has 0 bridgehead atoms. The van der Waals surface area contributed by atoms with Crippen LogP contribution in [-0.4, -0.2) is 32.6 Å². The number of methoxy groups -OCH3 is 2. The molecule has 0 aliphatic heterocycles. The summed E-state index contributed by atoms with van der Waals surface area (Å²) < 4.78 is 38.8. The van der Waals surface area contributed by atoms with E-state index in [0.29, 0.717) is 33.2 Å². The number of sulfonamides is 1. The molecule has 0 atom stereocenters. The fourth-order valence-electron chi connectivity index (χ4n) is 2.98. The van der Waals surface area contributed by atoms with Gasteiger partial charge in [-0.15, -0.1) is 0 Å². The number of rotatable bonds is 7. The molecule has 32 heavy (non-hydrogen) atoms. The molecular formula is C22H19ClN4O4S. The lowest BCUT2D eigenvalue weighted by Gasteiger charge is -2.14. The first kappa shape index (κ1) is 21.7. The second kappa shape index (κ2) is 8.89. The van der Waals surface area contributed by atoms with Crippen molar-refractivity contribution in [1.29, 1.82) is 0 Å². The number of halogens is 1. The minimum absolute atomic E-state index is 0.0476. The van der Waals surface area contributed by atoms with E-state index in [1.54, 1.807) is 48.5 Å². The summed E-state index contributed by atoms with van der Waals surface area (Å²) in [6.45, 7) is 0. The topological polar surface area (TPSA) is 102 Å². The maximum Gasteiger partial charge on any atom is 0.263 e. The van der Waals surface area contributed by atoms with Gasteiger partial charge in [-0.3, -0.25) is 4.72 Å². The van der Waals surface area contributed by atoms with Gasteiger partial charge in [0.2, 0.25) is 0 Å². The molecule has 1 aromatic heterocycles. The van der Waals surface area contributed by atoms with Crippen molar-refractivity contribution in [3.05, 3.63) is 71.8 Å². The summed E-state index contributed by atoms with van der Waals surface area (Å²) in [5.74, 6) is 1.34. The molecule has 0 spiro atoms. The van der Waals surface area contributed by atoms with Gasteiger partial charge in [0.1, 0.15) is 11.5 Å². The monoisotopic (exact) mass is 470 g/mol. The first-order chi connectivity index (χ1) is 15.4. The molecule has 0 aliphatic rings. The predicted octanol–water partition coefficient (Wildman–Crippen LogP) is 4.84. The van der Waals surface area contributed by atoms with Crippen LogP contribution in [0.5, 0.6) is 11.5 Å². The molecule has 0 fully saturated rings. The molecule has 0 radical (unpaired) electrons. The van der Waals surface area contributed by atoms with Crippen LogP contribution in [0.4, 0.5) is 17.3 Å². The van der Waals surface area contributed by atoms with E-state index in [-0.39, 0.29) is 16.5 Å². The molecule has 0 amide bonds. The Hall–Kier alpha value is -3.56. The van der Waals surface area contributed by atoms with Crippen LogP contribution in [0.25, 0.3) is 11.0 Å². The summed E-state index contributed by atoms with van der Waals surface area (Å²) in [6, 6.07) is 18.3. The lowest BCUT2D eigenvalue weighted by Crippen LogP contribution is -2.16. The van der Waals surface area contributed by atoms with Crippen molar-refractivity contribution in [3.63, 3.8) is 0 Å². The van der Waals surface area contributed by atoms with Gasteiger partial charge in [-0.05, 0) is 54.6 Å². The first-order valence-electron chi connectivity index (χ1n) is 9.44. The quantitative estimate of drug-likeness (QED) is 0.398. The second-order valence-corrected chi connectivity index (χ2v) is 8.75. The van der Waals surface area contributed by atoms with E-state index in [0.717, 1.165) is 0 Å². The fourth-order valence-corrected chi connectivity index (χ4v) is 4.25. The highest BCUT2D eigenvalue weighted by molar-refractivity contribution is 7.92. The lowest BCUT2D eigenvalue weighted by molar-refractivity contribution is 0.414. The Labute approximate surface area is 190 Å². The summed E-state index contributed by atoms with van der Waals surface area (Å²) in [6.07, 6.45) is 0. The van der Waals surface area contributed by atoms with Gasteiger partial charge in [0.25, 0.3) is 10.0 Å². The zero-order valence-corrected chi connectivity index (χ0v) is 18.7. The van der Waals surface area contributed by atoms with Crippen LogP contribution in [0.1, 0.15) is 0 Å². The average molecular weight is 471 g/mol. The average Bonchev–Trinajstić information content (AvgIpc) is 2.79. The van der Waals surface area contributed by atoms with Crippen molar-refractivity contribution < 1.29 is 17.9 Å². The molecule has 4 rings (SSSR count). The SMILES string of the molecule is COc1ccc(S(=O)(=O)Nc2nc3ccccc3nc2Nc2ccc(OC)c(Cl)c2)cc1. The number of para-hydroxylation sites is 2. The molecule has 0 saturated heterocycles. The predicted molar refractivity (Wildman–Crippen MR) is 125 cm³/mol. The summed E-state index contributed by atoms with van der Waals surface area (Å²) in [7, 11) is -0.902. The van der Waals surface area contributed by atoms with E-state index >= 15 is 0 Å². The van der Waals surface area contributed by atoms with Crippen LogP contribution in [-0.2, 0) is 10.0 Å². The number of hydrogen-bond acceptors (Lipinski definition) is 7. The Morgan fingerprint density at radius 1 is 0.844 bits per heavy atom. The van der Waals surface area contributed by atoms with Crippen molar-refractivity contribution in [2.75, 3.05) is 24.3 Å². The van der Waals surface area contributed by atoms with Gasteiger partial charge < -0.3 is 14.8 Å². The third kappa shape index (κ3) is 4.53. The highest BCUT2D eigenvalue weighted by atomic mass is 35.5. The van der Waals surface area contributed by atoms with Gasteiger partial charge in [0, 0.05) is 5.69 Å². The zero-order chi connectivity index (χ0) is 22.7. The van der Waals surface area contributed by atoms with Crippen LogP contribution < -0.4 is 19.5 Å². The van der Waals surface area contributed by atoms with E-state index in [2.05, 4.69) is 20.0 Å². The van der Waals surface area contributed by atoms with Crippen LogP contribution in [0.3, 0.4) is 0 Å². The van der Waals surface area contributed by atoms with Crippen molar-refractivity contribution in [1.82, 2.24) is 9.97 Å². The number of aromatic nitrogens is 2. The van der Waals surface area contributed by atoms with Crippen molar-refractivity contribution in [2.24, 2.45) is 0 Å². The molecule has 0 unspecified atom stereocenters. The van der Waals surface area contributed by atoms with E-state index in [9.17, 15) is 8.42 Å². The summed E-state index contributed by atoms with van der Waals surface area (Å²) in [4.78, 5) is 9.09. The number of nitrogens with one attached hydrogen (secondary N) is 2. The highest BCUT2D eigenvalue weighted by Crippen LogP contribution is 2.31. The Bertz CT molecular complexity index is 1380. The normalized spacial score (nSPS) is 11.2. The third-order valence-electron chi connectivity index (χ3n) is 4.59. The number of fused-ring (bicyclic) bond motifs is 1. The minimum atomic E-state index is -3.93. The van der Waals surface area contributed by atoms with Crippen LogP contribution >= 0.6 is 11.6 Å². The molecule has 164 valence electrons. The number of anilines is 3.